The number of aliphatic imine (C=N–C) groups is 1. The number of benzene rings is 1. The first-order valence-electron chi connectivity index (χ1n) is 8.58. The lowest BCUT2D eigenvalue weighted by molar-refractivity contribution is 0.208. The van der Waals surface area contributed by atoms with Crippen molar-refractivity contribution in [1.82, 2.24) is 5.32 Å². The predicted octanol–water partition coefficient (Wildman–Crippen LogP) is 3.17. The van der Waals surface area contributed by atoms with E-state index < -0.39 is 0 Å². The van der Waals surface area contributed by atoms with Gasteiger partial charge in [-0.15, -0.1) is 24.0 Å². The molecule has 156 valence electrons. The Morgan fingerprint density at radius 1 is 1.07 bits per heavy atom. The number of nitrogens with one attached hydrogen (secondary N) is 2. The summed E-state index contributed by atoms with van der Waals surface area (Å²) in [4.78, 5) is 4.51. The molecule has 1 heterocycles. The molecule has 0 saturated heterocycles. The molecule has 9 heteroatoms. The number of nitrogens with zero attached hydrogens (tertiary/aromatic N) is 1. The SMILES string of the molecule is COCCN=C(NCCc1ccco1)Nc1cc(OC)c(OC)c(OC)c1.I. The fourth-order valence-corrected chi connectivity index (χ4v) is 2.44. The fraction of sp³-hybridized carbons (Fsp3) is 0.421. The van der Waals surface area contributed by atoms with Crippen LogP contribution >= 0.6 is 24.0 Å². The number of anilines is 1. The van der Waals surface area contributed by atoms with Crippen LogP contribution in [0.4, 0.5) is 5.69 Å². The van der Waals surface area contributed by atoms with E-state index in [0.29, 0.717) is 42.9 Å². The zero-order chi connectivity index (χ0) is 19.5. The zero-order valence-electron chi connectivity index (χ0n) is 16.6. The molecule has 2 N–H and O–H groups in total. The summed E-state index contributed by atoms with van der Waals surface area (Å²) < 4.78 is 26.6. The van der Waals surface area contributed by atoms with Crippen LogP contribution in [0.2, 0.25) is 0 Å². The molecule has 0 radical (unpaired) electrons. The van der Waals surface area contributed by atoms with Gasteiger partial charge < -0.3 is 34.0 Å². The number of hydrogen-bond donors (Lipinski definition) is 2. The average molecular weight is 505 g/mol. The number of guanidine groups is 1. The van der Waals surface area contributed by atoms with Crippen LogP contribution in [0, 0.1) is 0 Å². The maximum atomic E-state index is 5.39. The number of rotatable bonds is 10. The highest BCUT2D eigenvalue weighted by atomic mass is 127. The fourth-order valence-electron chi connectivity index (χ4n) is 2.44. The molecule has 0 aliphatic heterocycles. The minimum Gasteiger partial charge on any atom is -0.493 e. The monoisotopic (exact) mass is 505 g/mol. The number of hydrogen-bond acceptors (Lipinski definition) is 6. The van der Waals surface area contributed by atoms with Gasteiger partial charge in [0.05, 0.1) is 40.7 Å². The van der Waals surface area contributed by atoms with Gasteiger partial charge in [-0.1, -0.05) is 0 Å². The Balaban J connectivity index is 0.00000392. The van der Waals surface area contributed by atoms with E-state index in [1.807, 2.05) is 24.3 Å². The van der Waals surface area contributed by atoms with Gasteiger partial charge in [-0.3, -0.25) is 4.99 Å². The molecular weight excluding hydrogens is 477 g/mol. The Labute approximate surface area is 182 Å². The van der Waals surface area contributed by atoms with E-state index in [0.717, 1.165) is 17.9 Å². The molecule has 0 unspecified atom stereocenters. The van der Waals surface area contributed by atoms with Crippen molar-refractivity contribution in [3.63, 3.8) is 0 Å². The van der Waals surface area contributed by atoms with Crippen LogP contribution in [0.1, 0.15) is 5.76 Å². The second kappa shape index (κ2) is 13.1. The lowest BCUT2D eigenvalue weighted by Crippen LogP contribution is -2.33. The van der Waals surface area contributed by atoms with Crippen molar-refractivity contribution in [3.8, 4) is 17.2 Å². The Morgan fingerprint density at radius 2 is 1.79 bits per heavy atom. The first-order valence-corrected chi connectivity index (χ1v) is 8.58. The number of methoxy groups -OCH3 is 4. The van der Waals surface area contributed by atoms with E-state index in [9.17, 15) is 0 Å². The molecule has 1 aromatic carbocycles. The number of furan rings is 1. The number of ether oxygens (including phenoxy) is 4. The van der Waals surface area contributed by atoms with Crippen LogP contribution in [0.25, 0.3) is 0 Å². The Hall–Kier alpha value is -2.14. The summed E-state index contributed by atoms with van der Waals surface area (Å²) in [7, 11) is 6.38. The second-order valence-electron chi connectivity index (χ2n) is 5.52. The highest BCUT2D eigenvalue weighted by Crippen LogP contribution is 2.39. The standard InChI is InChI=1S/C19H27N3O5.HI/c1-23-11-9-21-19(20-8-7-15-6-5-10-27-15)22-14-12-16(24-2)18(26-4)17(13-14)25-3;/h5-6,10,12-13H,7-9,11H2,1-4H3,(H2,20,21,22);1H. The smallest absolute Gasteiger partial charge is 0.203 e. The molecule has 0 spiro atoms. The summed E-state index contributed by atoms with van der Waals surface area (Å²) in [6.45, 7) is 1.72. The predicted molar refractivity (Wildman–Crippen MR) is 120 cm³/mol. The normalized spacial score (nSPS) is 10.8. The Morgan fingerprint density at radius 3 is 2.32 bits per heavy atom. The average Bonchev–Trinajstić information content (AvgIpc) is 3.20. The quantitative estimate of drug-likeness (QED) is 0.222. The third kappa shape index (κ3) is 7.12. The zero-order valence-corrected chi connectivity index (χ0v) is 18.9. The van der Waals surface area contributed by atoms with Gasteiger partial charge in [0.25, 0.3) is 0 Å². The van der Waals surface area contributed by atoms with Crippen molar-refractivity contribution in [2.75, 3.05) is 53.5 Å². The van der Waals surface area contributed by atoms with Gasteiger partial charge in [0.1, 0.15) is 5.76 Å². The molecule has 0 amide bonds. The molecule has 8 nitrogen and oxygen atoms in total. The number of halogens is 1. The summed E-state index contributed by atoms with van der Waals surface area (Å²) >= 11 is 0. The lowest BCUT2D eigenvalue weighted by atomic mass is 10.2. The first-order chi connectivity index (χ1) is 13.2. The minimum absolute atomic E-state index is 0. The molecular formula is C19H28IN3O5. The van der Waals surface area contributed by atoms with E-state index in [-0.39, 0.29) is 24.0 Å². The van der Waals surface area contributed by atoms with Gasteiger partial charge in [0.2, 0.25) is 5.75 Å². The lowest BCUT2D eigenvalue weighted by Gasteiger charge is -2.16. The maximum absolute atomic E-state index is 5.39. The van der Waals surface area contributed by atoms with Crippen LogP contribution in [0.5, 0.6) is 17.2 Å². The molecule has 2 rings (SSSR count). The third-order valence-electron chi connectivity index (χ3n) is 3.74. The molecule has 1 aromatic heterocycles. The van der Waals surface area contributed by atoms with Crippen molar-refractivity contribution in [3.05, 3.63) is 36.3 Å². The van der Waals surface area contributed by atoms with Crippen molar-refractivity contribution in [1.29, 1.82) is 0 Å². The summed E-state index contributed by atoms with van der Waals surface area (Å²) in [5.74, 6) is 3.19. The van der Waals surface area contributed by atoms with Crippen LogP contribution in [0.3, 0.4) is 0 Å². The summed E-state index contributed by atoms with van der Waals surface area (Å²) in [6, 6.07) is 7.45. The molecule has 0 saturated carbocycles. The molecule has 0 aliphatic carbocycles. The van der Waals surface area contributed by atoms with Crippen LogP contribution < -0.4 is 24.8 Å². The maximum Gasteiger partial charge on any atom is 0.203 e. The van der Waals surface area contributed by atoms with E-state index in [1.54, 1.807) is 34.7 Å². The van der Waals surface area contributed by atoms with E-state index in [2.05, 4.69) is 15.6 Å². The topological polar surface area (TPSA) is 86.5 Å². The molecule has 0 bridgehead atoms. The van der Waals surface area contributed by atoms with Gasteiger partial charge in [0, 0.05) is 37.9 Å². The van der Waals surface area contributed by atoms with Crippen molar-refractivity contribution >= 4 is 35.6 Å². The molecule has 0 fully saturated rings. The van der Waals surface area contributed by atoms with E-state index in [1.165, 1.54) is 0 Å². The highest BCUT2D eigenvalue weighted by Gasteiger charge is 2.14. The van der Waals surface area contributed by atoms with Crippen LogP contribution in [0.15, 0.2) is 39.9 Å². The van der Waals surface area contributed by atoms with Crippen LogP contribution in [-0.2, 0) is 11.2 Å². The minimum atomic E-state index is 0. The van der Waals surface area contributed by atoms with Gasteiger partial charge in [-0.25, -0.2) is 0 Å². The van der Waals surface area contributed by atoms with Gasteiger partial charge in [-0.2, -0.15) is 0 Å². The van der Waals surface area contributed by atoms with Crippen molar-refractivity contribution < 1.29 is 23.4 Å². The Bertz CT molecular complexity index is 697. The summed E-state index contributed by atoms with van der Waals surface area (Å²) in [5, 5.41) is 6.54. The highest BCUT2D eigenvalue weighted by molar-refractivity contribution is 14.0. The van der Waals surface area contributed by atoms with Gasteiger partial charge in [-0.05, 0) is 12.1 Å². The Kier molecular flexibility index (Phi) is 11.2. The largest absolute Gasteiger partial charge is 0.493 e. The van der Waals surface area contributed by atoms with Gasteiger partial charge >= 0.3 is 0 Å². The molecule has 0 atom stereocenters. The first kappa shape index (κ1) is 23.9. The third-order valence-corrected chi connectivity index (χ3v) is 3.74. The van der Waals surface area contributed by atoms with Gasteiger partial charge in [0.15, 0.2) is 17.5 Å². The molecule has 28 heavy (non-hydrogen) atoms. The van der Waals surface area contributed by atoms with Crippen LogP contribution in [-0.4, -0.2) is 54.1 Å². The summed E-state index contributed by atoms with van der Waals surface area (Å²) in [5.41, 5.74) is 0.756. The van der Waals surface area contributed by atoms with Crippen molar-refractivity contribution in [2.24, 2.45) is 4.99 Å². The summed E-state index contributed by atoms with van der Waals surface area (Å²) in [6.07, 6.45) is 2.41. The van der Waals surface area contributed by atoms with E-state index in [4.69, 9.17) is 23.4 Å². The van der Waals surface area contributed by atoms with E-state index >= 15 is 0 Å². The molecule has 0 aliphatic rings. The van der Waals surface area contributed by atoms with Crippen molar-refractivity contribution in [2.45, 2.75) is 6.42 Å². The molecule has 2 aromatic rings. The second-order valence-corrected chi connectivity index (χ2v) is 5.52.